The maximum Gasteiger partial charge on any atom is 0.332 e. The van der Waals surface area contributed by atoms with E-state index < -0.39 is 11.2 Å². The Kier molecular flexibility index (Phi) is 6.59. The first-order valence-electron chi connectivity index (χ1n) is 11.5. The SMILES string of the molecule is Cn1c(=O)c2nc(-c3ccc(OCCN4CCNCC4)cc3)nnc2n(Cc2cccnc2)c1=O. The highest BCUT2D eigenvalue weighted by molar-refractivity contribution is 5.71. The zero-order chi connectivity index (χ0) is 24.2. The van der Waals surface area contributed by atoms with Crippen LogP contribution in [0.25, 0.3) is 22.6 Å². The second-order valence-electron chi connectivity index (χ2n) is 8.37. The van der Waals surface area contributed by atoms with Gasteiger partial charge in [0.25, 0.3) is 5.56 Å². The molecule has 0 aliphatic carbocycles. The molecule has 1 fully saturated rings. The zero-order valence-electron chi connectivity index (χ0n) is 19.4. The minimum atomic E-state index is -0.517. The molecule has 1 aromatic carbocycles. The molecule has 0 unspecified atom stereocenters. The number of piperazine rings is 1. The Morgan fingerprint density at radius 1 is 1.06 bits per heavy atom. The summed E-state index contributed by atoms with van der Waals surface area (Å²) in [6, 6.07) is 11.0. The molecule has 1 aliphatic heterocycles. The lowest BCUT2D eigenvalue weighted by Gasteiger charge is -2.26. The van der Waals surface area contributed by atoms with Crippen molar-refractivity contribution in [2.24, 2.45) is 7.05 Å². The first kappa shape index (κ1) is 22.8. The molecule has 0 amide bonds. The number of fused-ring (bicyclic) bond motifs is 1. The lowest BCUT2D eigenvalue weighted by Crippen LogP contribution is -2.44. The third-order valence-electron chi connectivity index (χ3n) is 6.01. The van der Waals surface area contributed by atoms with E-state index in [9.17, 15) is 9.59 Å². The van der Waals surface area contributed by atoms with Crippen LogP contribution in [-0.2, 0) is 13.6 Å². The van der Waals surface area contributed by atoms with Crippen molar-refractivity contribution in [1.82, 2.24) is 39.5 Å². The maximum absolute atomic E-state index is 12.8. The molecule has 11 nitrogen and oxygen atoms in total. The number of ether oxygens (including phenoxy) is 1. The van der Waals surface area contributed by atoms with E-state index in [0.717, 1.165) is 48.6 Å². The quantitative estimate of drug-likeness (QED) is 0.403. The second kappa shape index (κ2) is 10.1. The number of benzene rings is 1. The molecule has 3 aromatic heterocycles. The third-order valence-corrected chi connectivity index (χ3v) is 6.01. The van der Waals surface area contributed by atoms with E-state index >= 15 is 0 Å². The average molecular weight is 475 g/mol. The molecular formula is C24H26N8O3. The molecule has 0 spiro atoms. The van der Waals surface area contributed by atoms with Gasteiger partial charge in [-0.25, -0.2) is 9.78 Å². The highest BCUT2D eigenvalue weighted by atomic mass is 16.5. The highest BCUT2D eigenvalue weighted by Crippen LogP contribution is 2.20. The fourth-order valence-corrected chi connectivity index (χ4v) is 4.03. The Hall–Kier alpha value is -3.96. The molecule has 0 saturated carbocycles. The van der Waals surface area contributed by atoms with Crippen LogP contribution >= 0.6 is 0 Å². The monoisotopic (exact) mass is 474 g/mol. The van der Waals surface area contributed by atoms with Gasteiger partial charge in [0.15, 0.2) is 17.0 Å². The molecule has 11 heteroatoms. The first-order valence-corrected chi connectivity index (χ1v) is 11.5. The van der Waals surface area contributed by atoms with Crippen LogP contribution in [0.1, 0.15) is 5.56 Å². The number of hydrogen-bond donors (Lipinski definition) is 1. The summed E-state index contributed by atoms with van der Waals surface area (Å²) in [5.41, 5.74) is 0.707. The van der Waals surface area contributed by atoms with Gasteiger partial charge in [-0.1, -0.05) is 6.07 Å². The van der Waals surface area contributed by atoms with Gasteiger partial charge < -0.3 is 10.1 Å². The summed E-state index contributed by atoms with van der Waals surface area (Å²) in [7, 11) is 1.43. The predicted octanol–water partition coefficient (Wildman–Crippen LogP) is 0.280. The molecule has 4 heterocycles. The van der Waals surface area contributed by atoms with Crippen molar-refractivity contribution in [2.45, 2.75) is 6.54 Å². The molecule has 0 bridgehead atoms. The van der Waals surface area contributed by atoms with Gasteiger partial charge in [0.1, 0.15) is 12.4 Å². The fraction of sp³-hybridized carbons (Fsp3) is 0.333. The Labute approximate surface area is 201 Å². The van der Waals surface area contributed by atoms with Crippen LogP contribution in [0.15, 0.2) is 58.4 Å². The normalized spacial score (nSPS) is 14.3. The number of aromatic nitrogens is 6. The minimum absolute atomic E-state index is 0.0809. The average Bonchev–Trinajstić information content (AvgIpc) is 2.91. The first-order chi connectivity index (χ1) is 17.1. The van der Waals surface area contributed by atoms with Gasteiger partial charge in [0.05, 0.1) is 6.54 Å². The molecule has 1 aliphatic rings. The Morgan fingerprint density at radius 3 is 2.60 bits per heavy atom. The van der Waals surface area contributed by atoms with Crippen molar-refractivity contribution in [3.63, 3.8) is 0 Å². The van der Waals surface area contributed by atoms with Gasteiger partial charge >= 0.3 is 5.69 Å². The molecule has 35 heavy (non-hydrogen) atoms. The number of hydrogen-bond acceptors (Lipinski definition) is 9. The van der Waals surface area contributed by atoms with Gasteiger partial charge in [0, 0.05) is 57.7 Å². The largest absolute Gasteiger partial charge is 0.492 e. The van der Waals surface area contributed by atoms with E-state index in [-0.39, 0.29) is 17.7 Å². The van der Waals surface area contributed by atoms with Crippen molar-refractivity contribution in [1.29, 1.82) is 0 Å². The van der Waals surface area contributed by atoms with E-state index in [1.54, 1.807) is 18.5 Å². The standard InChI is InChI=1S/C24H26N8O3/c1-30-23(33)20-22(32(24(30)34)16-17-3-2-8-26-15-17)29-28-21(27-20)18-4-6-19(7-5-18)35-14-13-31-11-9-25-10-12-31/h2-8,15,25H,9-14,16H2,1H3. The van der Waals surface area contributed by atoms with E-state index in [1.165, 1.54) is 11.6 Å². The topological polar surface area (TPSA) is 120 Å². The summed E-state index contributed by atoms with van der Waals surface area (Å²) in [6.45, 7) is 5.78. The summed E-state index contributed by atoms with van der Waals surface area (Å²) in [5.74, 6) is 1.05. The van der Waals surface area contributed by atoms with E-state index in [1.807, 2.05) is 30.3 Å². The summed E-state index contributed by atoms with van der Waals surface area (Å²) in [4.78, 5) is 36.5. The molecule has 180 valence electrons. The smallest absolute Gasteiger partial charge is 0.332 e. The van der Waals surface area contributed by atoms with Gasteiger partial charge in [-0.15, -0.1) is 10.2 Å². The Bertz CT molecular complexity index is 1430. The minimum Gasteiger partial charge on any atom is -0.492 e. The number of rotatable bonds is 7. The van der Waals surface area contributed by atoms with Crippen LogP contribution in [0.2, 0.25) is 0 Å². The molecule has 1 saturated heterocycles. The number of pyridine rings is 1. The molecule has 5 rings (SSSR count). The van der Waals surface area contributed by atoms with Crippen LogP contribution in [-0.4, -0.2) is 73.5 Å². The van der Waals surface area contributed by atoms with Gasteiger partial charge in [-0.05, 0) is 35.9 Å². The van der Waals surface area contributed by atoms with Crippen LogP contribution < -0.4 is 21.3 Å². The van der Waals surface area contributed by atoms with Crippen molar-refractivity contribution >= 4 is 11.2 Å². The van der Waals surface area contributed by atoms with E-state index in [4.69, 9.17) is 4.74 Å². The van der Waals surface area contributed by atoms with Crippen LogP contribution in [0.5, 0.6) is 5.75 Å². The molecular weight excluding hydrogens is 448 g/mol. The Morgan fingerprint density at radius 2 is 1.86 bits per heavy atom. The van der Waals surface area contributed by atoms with Crippen LogP contribution in [0, 0.1) is 0 Å². The van der Waals surface area contributed by atoms with Crippen molar-refractivity contribution in [3.8, 4) is 17.1 Å². The lowest BCUT2D eigenvalue weighted by molar-refractivity contribution is 0.191. The fourth-order valence-electron chi connectivity index (χ4n) is 4.03. The van der Waals surface area contributed by atoms with Gasteiger partial charge in [-0.2, -0.15) is 0 Å². The van der Waals surface area contributed by atoms with Crippen LogP contribution in [0.3, 0.4) is 0 Å². The summed E-state index contributed by atoms with van der Waals surface area (Å²) in [6.07, 6.45) is 3.31. The number of nitrogens with one attached hydrogen (secondary N) is 1. The van der Waals surface area contributed by atoms with Crippen molar-refractivity contribution in [2.75, 3.05) is 39.3 Å². The molecule has 0 atom stereocenters. The summed E-state index contributed by atoms with van der Waals surface area (Å²) >= 11 is 0. The predicted molar refractivity (Wildman–Crippen MR) is 130 cm³/mol. The summed E-state index contributed by atoms with van der Waals surface area (Å²) in [5, 5.41) is 11.8. The van der Waals surface area contributed by atoms with E-state index in [2.05, 4.69) is 30.4 Å². The maximum atomic E-state index is 12.8. The van der Waals surface area contributed by atoms with Gasteiger partial charge in [-0.3, -0.25) is 23.8 Å². The van der Waals surface area contributed by atoms with Crippen molar-refractivity contribution < 1.29 is 4.74 Å². The second-order valence-corrected chi connectivity index (χ2v) is 8.37. The molecule has 1 N–H and O–H groups in total. The highest BCUT2D eigenvalue weighted by Gasteiger charge is 2.16. The van der Waals surface area contributed by atoms with E-state index in [0.29, 0.717) is 18.0 Å². The third kappa shape index (κ3) is 4.96. The lowest BCUT2D eigenvalue weighted by atomic mass is 10.2. The number of nitrogens with zero attached hydrogens (tertiary/aromatic N) is 7. The van der Waals surface area contributed by atoms with Gasteiger partial charge in [0.2, 0.25) is 0 Å². The Balaban J connectivity index is 1.38. The molecule has 0 radical (unpaired) electrons. The van der Waals surface area contributed by atoms with Crippen molar-refractivity contribution in [3.05, 3.63) is 75.2 Å². The van der Waals surface area contributed by atoms with Crippen LogP contribution in [0.4, 0.5) is 0 Å². The zero-order valence-corrected chi connectivity index (χ0v) is 19.4. The summed E-state index contributed by atoms with van der Waals surface area (Å²) < 4.78 is 8.29. The molecule has 4 aromatic rings.